The molecule has 0 aliphatic carbocycles. The summed E-state index contributed by atoms with van der Waals surface area (Å²) in [5.41, 5.74) is 0. The van der Waals surface area contributed by atoms with E-state index in [0.717, 1.165) is 78.2 Å². The molecule has 0 aromatic carbocycles. The second kappa shape index (κ2) is 21.8. The molecule has 0 saturated heterocycles. The van der Waals surface area contributed by atoms with Gasteiger partial charge in [0.1, 0.15) is 0 Å². The summed E-state index contributed by atoms with van der Waals surface area (Å²) in [6, 6.07) is 0. The normalized spacial score (nSPS) is 11.2. The van der Waals surface area contributed by atoms with Crippen molar-refractivity contribution in [1.29, 1.82) is 0 Å². The van der Waals surface area contributed by atoms with Crippen LogP contribution in [0.25, 0.3) is 0 Å². The highest BCUT2D eigenvalue weighted by Crippen LogP contribution is 1.95. The molecule has 23 heavy (non-hydrogen) atoms. The van der Waals surface area contributed by atoms with Crippen LogP contribution in [-0.4, -0.2) is 53.1 Å². The van der Waals surface area contributed by atoms with E-state index < -0.39 is 0 Å². The predicted molar refractivity (Wildman–Crippen MR) is 94.7 cm³/mol. The number of ether oxygens (including phenoxy) is 4. The number of hydrogen-bond donors (Lipinski definition) is 1. The van der Waals surface area contributed by atoms with Crippen molar-refractivity contribution in [2.45, 2.75) is 65.2 Å². The quantitative estimate of drug-likeness (QED) is 0.272. The molecule has 0 radical (unpaired) electrons. The van der Waals surface area contributed by atoms with Crippen molar-refractivity contribution < 1.29 is 18.9 Å². The van der Waals surface area contributed by atoms with E-state index in [1.54, 1.807) is 0 Å². The fraction of sp³-hybridized carbons (Fsp3) is 1.00. The molecule has 0 amide bonds. The highest BCUT2D eigenvalue weighted by Gasteiger charge is 1.93. The zero-order valence-electron chi connectivity index (χ0n) is 15.4. The summed E-state index contributed by atoms with van der Waals surface area (Å²) >= 11 is 0. The number of hydrogen-bond acceptors (Lipinski definition) is 5. The van der Waals surface area contributed by atoms with Crippen LogP contribution in [0.3, 0.4) is 0 Å². The molecule has 0 heterocycles. The topological polar surface area (TPSA) is 49.0 Å². The minimum Gasteiger partial charge on any atom is -0.381 e. The first-order chi connectivity index (χ1) is 11.4. The molecule has 140 valence electrons. The van der Waals surface area contributed by atoms with Crippen LogP contribution in [0.4, 0.5) is 0 Å². The van der Waals surface area contributed by atoms with Crippen molar-refractivity contribution in [3.63, 3.8) is 0 Å². The second-order valence-electron chi connectivity index (χ2n) is 5.70. The van der Waals surface area contributed by atoms with Crippen molar-refractivity contribution in [3.05, 3.63) is 0 Å². The Balaban J connectivity index is 2.92. The van der Waals surface area contributed by atoms with E-state index in [1.165, 1.54) is 12.8 Å². The molecule has 5 heteroatoms. The molecular formula is C18H39NO4. The zero-order valence-corrected chi connectivity index (χ0v) is 15.4. The van der Waals surface area contributed by atoms with E-state index in [4.69, 9.17) is 18.9 Å². The summed E-state index contributed by atoms with van der Waals surface area (Å²) < 4.78 is 21.9. The predicted octanol–water partition coefficient (Wildman–Crippen LogP) is 3.72. The monoisotopic (exact) mass is 333 g/mol. The lowest BCUT2D eigenvalue weighted by atomic mass is 10.3. The average Bonchev–Trinajstić information content (AvgIpc) is 2.57. The highest BCUT2D eigenvalue weighted by molar-refractivity contribution is 4.41. The number of nitrogens with one attached hydrogen (secondary N) is 1. The summed E-state index contributed by atoms with van der Waals surface area (Å²) in [6.45, 7) is 10.5. The Labute approximate surface area is 143 Å². The maximum atomic E-state index is 5.49. The average molecular weight is 334 g/mol. The molecule has 5 nitrogen and oxygen atoms in total. The van der Waals surface area contributed by atoms with Gasteiger partial charge in [-0.1, -0.05) is 26.7 Å². The molecule has 0 aromatic heterocycles. The number of unbranched alkanes of at least 4 members (excludes halogenated alkanes) is 4. The van der Waals surface area contributed by atoms with Crippen molar-refractivity contribution in [2.75, 3.05) is 53.1 Å². The second-order valence-corrected chi connectivity index (χ2v) is 5.70. The lowest BCUT2D eigenvalue weighted by Gasteiger charge is -2.08. The fourth-order valence-corrected chi connectivity index (χ4v) is 1.84. The van der Waals surface area contributed by atoms with E-state index in [-0.39, 0.29) is 0 Å². The maximum absolute atomic E-state index is 5.49. The molecule has 1 N–H and O–H groups in total. The van der Waals surface area contributed by atoms with Gasteiger partial charge in [0, 0.05) is 39.6 Å². The van der Waals surface area contributed by atoms with Crippen LogP contribution in [0.1, 0.15) is 65.2 Å². The fourth-order valence-electron chi connectivity index (χ4n) is 1.84. The smallest absolute Gasteiger partial charge is 0.0982 e. The van der Waals surface area contributed by atoms with Crippen LogP contribution in [0.15, 0.2) is 0 Å². The van der Waals surface area contributed by atoms with Gasteiger partial charge in [0.2, 0.25) is 0 Å². The van der Waals surface area contributed by atoms with Gasteiger partial charge in [0.05, 0.1) is 13.5 Å². The first-order valence-electron chi connectivity index (χ1n) is 9.43. The molecule has 0 bridgehead atoms. The van der Waals surface area contributed by atoms with E-state index in [9.17, 15) is 0 Å². The van der Waals surface area contributed by atoms with Gasteiger partial charge in [0.15, 0.2) is 0 Å². The third-order valence-electron chi connectivity index (χ3n) is 3.35. The van der Waals surface area contributed by atoms with Gasteiger partial charge in [-0.15, -0.1) is 0 Å². The molecule has 0 spiro atoms. The zero-order chi connectivity index (χ0) is 16.8. The van der Waals surface area contributed by atoms with E-state index in [1.807, 2.05) is 0 Å². The molecule has 0 fully saturated rings. The van der Waals surface area contributed by atoms with Crippen molar-refractivity contribution in [2.24, 2.45) is 0 Å². The van der Waals surface area contributed by atoms with E-state index in [2.05, 4.69) is 19.2 Å². The van der Waals surface area contributed by atoms with Crippen LogP contribution >= 0.6 is 0 Å². The molecule has 0 aliphatic rings. The molecular weight excluding hydrogens is 294 g/mol. The Bertz CT molecular complexity index is 185. The maximum Gasteiger partial charge on any atom is 0.0982 e. The third-order valence-corrected chi connectivity index (χ3v) is 3.35. The summed E-state index contributed by atoms with van der Waals surface area (Å²) in [5, 5.41) is 3.12. The Kier molecular flexibility index (Phi) is 21.6. The van der Waals surface area contributed by atoms with Gasteiger partial charge < -0.3 is 18.9 Å². The van der Waals surface area contributed by atoms with Gasteiger partial charge in [-0.3, -0.25) is 5.32 Å². The van der Waals surface area contributed by atoms with Crippen LogP contribution in [-0.2, 0) is 18.9 Å². The van der Waals surface area contributed by atoms with Crippen LogP contribution < -0.4 is 5.32 Å². The Hall–Kier alpha value is -0.200. The van der Waals surface area contributed by atoms with Crippen LogP contribution in [0.2, 0.25) is 0 Å². The largest absolute Gasteiger partial charge is 0.381 e. The summed E-state index contributed by atoms with van der Waals surface area (Å²) in [4.78, 5) is 0. The van der Waals surface area contributed by atoms with E-state index in [0.29, 0.717) is 13.5 Å². The Morgan fingerprint density at radius 3 is 1.22 bits per heavy atom. The Morgan fingerprint density at radius 2 is 0.826 bits per heavy atom. The standard InChI is InChI=1S/C18H39NO4/c1-3-5-11-20-13-7-9-15-22-17-19-18-23-16-10-8-14-21-12-6-4-2/h19H,3-18H2,1-2H3. The molecule has 0 unspecified atom stereocenters. The lowest BCUT2D eigenvalue weighted by Crippen LogP contribution is -2.22. The lowest BCUT2D eigenvalue weighted by molar-refractivity contribution is 0.0499. The minimum atomic E-state index is 0.552. The first kappa shape index (κ1) is 22.8. The molecule has 0 aromatic rings. The first-order valence-corrected chi connectivity index (χ1v) is 9.43. The van der Waals surface area contributed by atoms with Gasteiger partial charge in [-0.05, 0) is 38.5 Å². The number of rotatable bonds is 20. The van der Waals surface area contributed by atoms with Gasteiger partial charge in [0.25, 0.3) is 0 Å². The summed E-state index contributed by atoms with van der Waals surface area (Å²) in [6.07, 6.45) is 8.95. The Morgan fingerprint density at radius 1 is 0.478 bits per heavy atom. The van der Waals surface area contributed by atoms with Crippen molar-refractivity contribution in [3.8, 4) is 0 Å². The highest BCUT2D eigenvalue weighted by atomic mass is 16.5. The van der Waals surface area contributed by atoms with Crippen LogP contribution in [0.5, 0.6) is 0 Å². The molecule has 0 atom stereocenters. The minimum absolute atomic E-state index is 0.552. The summed E-state index contributed by atoms with van der Waals surface area (Å²) in [5.74, 6) is 0. The SMILES string of the molecule is CCCCOCCCCOCNCOCCCCOCCCC. The van der Waals surface area contributed by atoms with Crippen LogP contribution in [0, 0.1) is 0 Å². The van der Waals surface area contributed by atoms with Crippen molar-refractivity contribution in [1.82, 2.24) is 5.32 Å². The van der Waals surface area contributed by atoms with Gasteiger partial charge in [-0.25, -0.2) is 0 Å². The summed E-state index contributed by atoms with van der Waals surface area (Å²) in [7, 11) is 0. The molecule has 0 aliphatic heterocycles. The van der Waals surface area contributed by atoms with Gasteiger partial charge in [-0.2, -0.15) is 0 Å². The van der Waals surface area contributed by atoms with Crippen molar-refractivity contribution >= 4 is 0 Å². The molecule has 0 saturated carbocycles. The molecule has 0 rings (SSSR count). The van der Waals surface area contributed by atoms with Gasteiger partial charge >= 0.3 is 0 Å². The van der Waals surface area contributed by atoms with E-state index >= 15 is 0 Å². The third kappa shape index (κ3) is 21.8.